The fourth-order valence-corrected chi connectivity index (χ4v) is 3.11. The van der Waals surface area contributed by atoms with Crippen molar-refractivity contribution in [3.63, 3.8) is 0 Å². The summed E-state index contributed by atoms with van der Waals surface area (Å²) in [5, 5.41) is 4.26. The number of aryl methyl sites for hydroxylation is 1. The van der Waals surface area contributed by atoms with Gasteiger partial charge in [-0.2, -0.15) is 0 Å². The van der Waals surface area contributed by atoms with Gasteiger partial charge in [-0.1, -0.05) is 18.7 Å². The predicted octanol–water partition coefficient (Wildman–Crippen LogP) is 4.21. The number of nitrogens with one attached hydrogen (secondary N) is 1. The highest BCUT2D eigenvalue weighted by Gasteiger charge is 2.26. The minimum atomic E-state index is -0.199. The molecule has 0 amide bonds. The first-order chi connectivity index (χ1) is 8.52. The first-order valence-electron chi connectivity index (χ1n) is 6.28. The summed E-state index contributed by atoms with van der Waals surface area (Å²) < 4.78 is 13.0. The van der Waals surface area contributed by atoms with Crippen molar-refractivity contribution < 1.29 is 4.39 Å². The van der Waals surface area contributed by atoms with E-state index in [0.29, 0.717) is 0 Å². The highest BCUT2D eigenvalue weighted by atomic mass is 32.2. The van der Waals surface area contributed by atoms with Crippen LogP contribution in [0.25, 0.3) is 0 Å². The van der Waals surface area contributed by atoms with Crippen LogP contribution in [0.1, 0.15) is 32.3 Å². The third-order valence-corrected chi connectivity index (χ3v) is 4.32. The van der Waals surface area contributed by atoms with E-state index in [9.17, 15) is 4.39 Å². The van der Waals surface area contributed by atoms with E-state index in [2.05, 4.69) is 19.2 Å². The molecule has 0 radical (unpaired) electrons. The van der Waals surface area contributed by atoms with Gasteiger partial charge in [0, 0.05) is 11.4 Å². The molecule has 0 aromatic heterocycles. The molecule has 1 aliphatic heterocycles. The van der Waals surface area contributed by atoms with Gasteiger partial charge < -0.3 is 5.32 Å². The lowest BCUT2D eigenvalue weighted by molar-refractivity contribution is 0.443. The Labute approximate surface area is 112 Å². The van der Waals surface area contributed by atoms with E-state index in [1.807, 2.05) is 6.92 Å². The van der Waals surface area contributed by atoms with Crippen LogP contribution in [0.15, 0.2) is 23.2 Å². The Morgan fingerprint density at radius 1 is 1.50 bits per heavy atom. The standard InChI is InChI=1S/C14H19FN2S/c1-4-14(3)7-8-18-13(17-14)16-12-6-5-11(15)9-10(12)2/h5-6,9H,4,7-8H2,1-3H3,(H,16,17). The zero-order chi connectivity index (χ0) is 13.2. The highest BCUT2D eigenvalue weighted by molar-refractivity contribution is 8.14. The van der Waals surface area contributed by atoms with Crippen molar-refractivity contribution in [2.75, 3.05) is 11.1 Å². The summed E-state index contributed by atoms with van der Waals surface area (Å²) in [6.07, 6.45) is 2.16. The van der Waals surface area contributed by atoms with Gasteiger partial charge in [-0.25, -0.2) is 4.39 Å². The van der Waals surface area contributed by atoms with Crippen molar-refractivity contribution >= 4 is 22.6 Å². The van der Waals surface area contributed by atoms with Crippen LogP contribution < -0.4 is 5.32 Å². The van der Waals surface area contributed by atoms with Crippen molar-refractivity contribution in [2.24, 2.45) is 4.99 Å². The maximum Gasteiger partial charge on any atom is 0.161 e. The SMILES string of the molecule is CCC1(C)CCSC(Nc2ccc(F)cc2C)=N1. The highest BCUT2D eigenvalue weighted by Crippen LogP contribution is 2.30. The minimum Gasteiger partial charge on any atom is -0.335 e. The van der Waals surface area contributed by atoms with E-state index in [0.717, 1.165) is 35.0 Å². The summed E-state index contributed by atoms with van der Waals surface area (Å²) in [5.41, 5.74) is 1.88. The Balaban J connectivity index is 2.18. The summed E-state index contributed by atoms with van der Waals surface area (Å²) in [6.45, 7) is 6.25. The largest absolute Gasteiger partial charge is 0.335 e. The van der Waals surface area contributed by atoms with E-state index in [4.69, 9.17) is 4.99 Å². The molecule has 0 fully saturated rings. The van der Waals surface area contributed by atoms with Crippen molar-refractivity contribution in [1.82, 2.24) is 0 Å². The minimum absolute atomic E-state index is 0.0432. The van der Waals surface area contributed by atoms with Crippen molar-refractivity contribution in [3.8, 4) is 0 Å². The number of halogens is 1. The maximum atomic E-state index is 13.0. The summed E-state index contributed by atoms with van der Waals surface area (Å²) in [7, 11) is 0. The van der Waals surface area contributed by atoms with Crippen molar-refractivity contribution in [3.05, 3.63) is 29.6 Å². The molecule has 0 saturated heterocycles. The van der Waals surface area contributed by atoms with Gasteiger partial charge in [-0.15, -0.1) is 0 Å². The quantitative estimate of drug-likeness (QED) is 0.867. The van der Waals surface area contributed by atoms with Crippen LogP contribution in [-0.4, -0.2) is 16.5 Å². The molecule has 18 heavy (non-hydrogen) atoms. The average Bonchev–Trinajstić information content (AvgIpc) is 2.33. The van der Waals surface area contributed by atoms with Gasteiger partial charge in [0.1, 0.15) is 5.82 Å². The summed E-state index contributed by atoms with van der Waals surface area (Å²) in [4.78, 5) is 4.77. The fourth-order valence-electron chi connectivity index (χ4n) is 1.90. The van der Waals surface area contributed by atoms with Gasteiger partial charge in [0.05, 0.1) is 5.54 Å². The molecule has 1 aromatic rings. The van der Waals surface area contributed by atoms with Gasteiger partial charge in [0.15, 0.2) is 5.17 Å². The molecule has 0 aliphatic carbocycles. The number of nitrogens with zero attached hydrogens (tertiary/aromatic N) is 1. The summed E-state index contributed by atoms with van der Waals surface area (Å²) >= 11 is 1.73. The van der Waals surface area contributed by atoms with Gasteiger partial charge >= 0.3 is 0 Å². The molecule has 0 bridgehead atoms. The van der Waals surface area contributed by atoms with Crippen LogP contribution in [0.4, 0.5) is 10.1 Å². The summed E-state index contributed by atoms with van der Waals surface area (Å²) in [5.74, 6) is 0.880. The van der Waals surface area contributed by atoms with Gasteiger partial charge in [0.2, 0.25) is 0 Å². The van der Waals surface area contributed by atoms with E-state index < -0.39 is 0 Å². The van der Waals surface area contributed by atoms with Crippen LogP contribution in [0.2, 0.25) is 0 Å². The Hall–Kier alpha value is -1.03. The second-order valence-electron chi connectivity index (χ2n) is 4.95. The molecule has 1 heterocycles. The van der Waals surface area contributed by atoms with Gasteiger partial charge in [-0.3, -0.25) is 4.99 Å². The van der Waals surface area contributed by atoms with E-state index in [-0.39, 0.29) is 11.4 Å². The van der Waals surface area contributed by atoms with Crippen LogP contribution >= 0.6 is 11.8 Å². The molecule has 2 rings (SSSR count). The number of thioether (sulfide) groups is 1. The molecule has 2 nitrogen and oxygen atoms in total. The Morgan fingerprint density at radius 2 is 2.28 bits per heavy atom. The molecule has 1 atom stereocenters. The van der Waals surface area contributed by atoms with E-state index >= 15 is 0 Å². The molecule has 1 aromatic carbocycles. The molecular formula is C14H19FN2S. The topological polar surface area (TPSA) is 24.4 Å². The number of benzene rings is 1. The number of aliphatic imine (C=N–C) groups is 1. The number of amidine groups is 1. The van der Waals surface area contributed by atoms with E-state index in [1.54, 1.807) is 17.8 Å². The number of rotatable bonds is 2. The number of hydrogen-bond donors (Lipinski definition) is 1. The smallest absolute Gasteiger partial charge is 0.161 e. The molecule has 98 valence electrons. The molecule has 4 heteroatoms. The first-order valence-corrected chi connectivity index (χ1v) is 7.27. The number of anilines is 1. The molecule has 1 unspecified atom stereocenters. The van der Waals surface area contributed by atoms with Gasteiger partial charge in [0.25, 0.3) is 0 Å². The van der Waals surface area contributed by atoms with Gasteiger partial charge in [-0.05, 0) is 50.5 Å². The van der Waals surface area contributed by atoms with Crippen molar-refractivity contribution in [2.45, 2.75) is 39.2 Å². The lowest BCUT2D eigenvalue weighted by atomic mass is 9.97. The monoisotopic (exact) mass is 266 g/mol. The number of hydrogen-bond acceptors (Lipinski definition) is 3. The molecule has 0 saturated carbocycles. The predicted molar refractivity (Wildman–Crippen MR) is 78.0 cm³/mol. The lowest BCUT2D eigenvalue weighted by Crippen LogP contribution is -2.29. The molecule has 1 N–H and O–H groups in total. The third-order valence-electron chi connectivity index (χ3n) is 3.44. The normalized spacial score (nSPS) is 23.7. The average molecular weight is 266 g/mol. The molecule has 0 spiro atoms. The Bertz CT molecular complexity index is 473. The van der Waals surface area contributed by atoms with Crippen LogP contribution in [0, 0.1) is 12.7 Å². The Kier molecular flexibility index (Phi) is 3.95. The second kappa shape index (κ2) is 5.31. The first kappa shape index (κ1) is 13.4. The third kappa shape index (κ3) is 3.05. The summed E-state index contributed by atoms with van der Waals surface area (Å²) in [6, 6.07) is 4.78. The maximum absolute atomic E-state index is 13.0. The Morgan fingerprint density at radius 3 is 2.94 bits per heavy atom. The molecule has 1 aliphatic rings. The lowest BCUT2D eigenvalue weighted by Gasteiger charge is -2.29. The van der Waals surface area contributed by atoms with Crippen LogP contribution in [-0.2, 0) is 0 Å². The van der Waals surface area contributed by atoms with Crippen LogP contribution in [0.3, 0.4) is 0 Å². The van der Waals surface area contributed by atoms with Crippen LogP contribution in [0.5, 0.6) is 0 Å². The zero-order valence-electron chi connectivity index (χ0n) is 11.1. The fraction of sp³-hybridized carbons (Fsp3) is 0.500. The molecular weight excluding hydrogens is 247 g/mol. The van der Waals surface area contributed by atoms with Crippen molar-refractivity contribution in [1.29, 1.82) is 0 Å². The second-order valence-corrected chi connectivity index (χ2v) is 6.03. The zero-order valence-corrected chi connectivity index (χ0v) is 11.9. The van der Waals surface area contributed by atoms with E-state index in [1.165, 1.54) is 12.1 Å².